The van der Waals surface area contributed by atoms with Gasteiger partial charge in [-0.2, -0.15) is 5.10 Å². The van der Waals surface area contributed by atoms with Crippen molar-refractivity contribution in [3.63, 3.8) is 0 Å². The van der Waals surface area contributed by atoms with E-state index in [-0.39, 0.29) is 17.5 Å². The summed E-state index contributed by atoms with van der Waals surface area (Å²) in [6, 6.07) is 9.67. The van der Waals surface area contributed by atoms with Crippen molar-refractivity contribution in [3.8, 4) is 0 Å². The van der Waals surface area contributed by atoms with Crippen molar-refractivity contribution in [2.75, 3.05) is 11.4 Å². The summed E-state index contributed by atoms with van der Waals surface area (Å²) in [4.78, 5) is 32.5. The normalized spacial score (nSPS) is 18.8. The van der Waals surface area contributed by atoms with E-state index in [1.165, 1.54) is 16.0 Å². The van der Waals surface area contributed by atoms with Crippen molar-refractivity contribution >= 4 is 32.6 Å². The first-order valence-corrected chi connectivity index (χ1v) is 11.5. The van der Waals surface area contributed by atoms with Crippen LogP contribution in [0.5, 0.6) is 0 Å². The fraction of sp³-hybridized carbons (Fsp3) is 0.455. The number of carbonyl (C=O) groups excluding carboxylic acids is 1. The third-order valence-electron chi connectivity index (χ3n) is 5.89. The number of aryl methyl sites for hydroxylation is 1. The highest BCUT2D eigenvalue weighted by Gasteiger charge is 2.35. The Bertz CT molecular complexity index is 1140. The number of aromatic nitrogens is 3. The SMILES string of the molecule is CCn1nc(C2CC2)c2sc(N3CCCC3C(=O)NCc3ccccc3)nc2c1=O. The van der Waals surface area contributed by atoms with Crippen LogP contribution < -0.4 is 15.8 Å². The molecule has 1 saturated carbocycles. The molecule has 1 amide bonds. The summed E-state index contributed by atoms with van der Waals surface area (Å²) >= 11 is 1.52. The average Bonchev–Trinajstić information content (AvgIpc) is 3.32. The number of carbonyl (C=O) groups is 1. The van der Waals surface area contributed by atoms with Gasteiger partial charge < -0.3 is 10.2 Å². The van der Waals surface area contributed by atoms with Crippen LogP contribution in [0.15, 0.2) is 35.1 Å². The van der Waals surface area contributed by atoms with E-state index in [1.807, 2.05) is 37.3 Å². The zero-order chi connectivity index (χ0) is 20.7. The van der Waals surface area contributed by atoms with E-state index in [9.17, 15) is 9.59 Å². The lowest BCUT2D eigenvalue weighted by atomic mass is 10.2. The van der Waals surface area contributed by atoms with Gasteiger partial charge in [0.1, 0.15) is 6.04 Å². The number of hydrogen-bond acceptors (Lipinski definition) is 6. The highest BCUT2D eigenvalue weighted by molar-refractivity contribution is 7.22. The summed E-state index contributed by atoms with van der Waals surface area (Å²) < 4.78 is 2.42. The fourth-order valence-corrected chi connectivity index (χ4v) is 5.30. The summed E-state index contributed by atoms with van der Waals surface area (Å²) in [5, 5.41) is 8.44. The smallest absolute Gasteiger partial charge is 0.294 e. The molecule has 30 heavy (non-hydrogen) atoms. The minimum Gasteiger partial charge on any atom is -0.350 e. The van der Waals surface area contributed by atoms with Crippen LogP contribution in [-0.4, -0.2) is 33.3 Å². The highest BCUT2D eigenvalue weighted by atomic mass is 32.1. The first kappa shape index (κ1) is 19.2. The molecule has 1 aliphatic carbocycles. The van der Waals surface area contributed by atoms with Crippen LogP contribution in [0.3, 0.4) is 0 Å². The molecule has 1 atom stereocenters. The lowest BCUT2D eigenvalue weighted by Crippen LogP contribution is -2.43. The van der Waals surface area contributed by atoms with Gasteiger partial charge >= 0.3 is 0 Å². The van der Waals surface area contributed by atoms with Gasteiger partial charge in [-0.3, -0.25) is 9.59 Å². The summed E-state index contributed by atoms with van der Waals surface area (Å²) in [5.74, 6) is 0.449. The molecule has 8 heteroatoms. The molecule has 2 aromatic heterocycles. The predicted molar refractivity (Wildman–Crippen MR) is 118 cm³/mol. The Kier molecular flexibility index (Phi) is 5.02. The maximum absolute atomic E-state index is 12.9. The van der Waals surface area contributed by atoms with Crippen LogP contribution in [0.25, 0.3) is 10.2 Å². The van der Waals surface area contributed by atoms with E-state index in [0.717, 1.165) is 53.3 Å². The second kappa shape index (κ2) is 7.83. The van der Waals surface area contributed by atoms with Gasteiger partial charge in [0.15, 0.2) is 10.6 Å². The summed E-state index contributed by atoms with van der Waals surface area (Å²) in [6.07, 6.45) is 3.96. The molecular weight excluding hydrogens is 398 g/mol. The van der Waals surface area contributed by atoms with E-state index in [4.69, 9.17) is 4.98 Å². The van der Waals surface area contributed by atoms with Gasteiger partial charge in [-0.05, 0) is 38.2 Å². The minimum absolute atomic E-state index is 0.0159. The number of nitrogens with zero attached hydrogens (tertiary/aromatic N) is 4. The van der Waals surface area contributed by atoms with E-state index < -0.39 is 0 Å². The van der Waals surface area contributed by atoms with Gasteiger partial charge in [0.25, 0.3) is 5.56 Å². The first-order valence-electron chi connectivity index (χ1n) is 10.7. The van der Waals surface area contributed by atoms with Crippen molar-refractivity contribution in [2.45, 2.75) is 57.7 Å². The van der Waals surface area contributed by atoms with Crippen molar-refractivity contribution in [1.29, 1.82) is 0 Å². The molecule has 3 aromatic rings. The predicted octanol–water partition coefficient (Wildman–Crippen LogP) is 3.04. The summed E-state index contributed by atoms with van der Waals surface area (Å²) in [5.41, 5.74) is 2.45. The zero-order valence-electron chi connectivity index (χ0n) is 17.0. The second-order valence-corrected chi connectivity index (χ2v) is 8.99. The quantitative estimate of drug-likeness (QED) is 0.659. The lowest BCUT2D eigenvalue weighted by Gasteiger charge is -2.23. The average molecular weight is 424 g/mol. The molecule has 5 rings (SSSR count). The minimum atomic E-state index is -0.250. The van der Waals surface area contributed by atoms with Crippen LogP contribution >= 0.6 is 11.3 Å². The molecule has 156 valence electrons. The van der Waals surface area contributed by atoms with Gasteiger partial charge in [-0.15, -0.1) is 0 Å². The summed E-state index contributed by atoms with van der Waals surface area (Å²) in [7, 11) is 0. The highest BCUT2D eigenvalue weighted by Crippen LogP contribution is 2.44. The van der Waals surface area contributed by atoms with Crippen LogP contribution in [0, 0.1) is 0 Å². The monoisotopic (exact) mass is 423 g/mol. The molecule has 7 nitrogen and oxygen atoms in total. The number of rotatable bonds is 6. The van der Waals surface area contributed by atoms with E-state index in [2.05, 4.69) is 15.3 Å². The van der Waals surface area contributed by atoms with Gasteiger partial charge in [0.05, 0.1) is 10.4 Å². The van der Waals surface area contributed by atoms with Gasteiger partial charge in [0.2, 0.25) is 5.91 Å². The Labute approximate surface area is 178 Å². The second-order valence-electron chi connectivity index (χ2n) is 8.01. The molecule has 0 radical (unpaired) electrons. The number of fused-ring (bicyclic) bond motifs is 1. The van der Waals surface area contributed by atoms with Crippen molar-refractivity contribution in [2.24, 2.45) is 0 Å². The molecule has 1 unspecified atom stereocenters. The number of anilines is 1. The van der Waals surface area contributed by atoms with Gasteiger partial charge in [-0.25, -0.2) is 9.67 Å². The van der Waals surface area contributed by atoms with E-state index in [0.29, 0.717) is 24.5 Å². The number of amides is 1. The third kappa shape index (κ3) is 3.49. The van der Waals surface area contributed by atoms with E-state index in [1.54, 1.807) is 0 Å². The van der Waals surface area contributed by atoms with E-state index >= 15 is 0 Å². The molecule has 1 saturated heterocycles. The molecule has 1 N–H and O–H groups in total. The van der Waals surface area contributed by atoms with Crippen molar-refractivity contribution in [1.82, 2.24) is 20.1 Å². The summed E-state index contributed by atoms with van der Waals surface area (Å²) in [6.45, 7) is 3.76. The number of benzene rings is 1. The standard InChI is InChI=1S/C22H25N5O2S/c1-2-27-21(29)18-19(17(25-27)15-10-11-15)30-22(24-18)26-12-6-9-16(26)20(28)23-13-14-7-4-3-5-8-14/h3-5,7-8,15-16H,2,6,9-13H2,1H3,(H,23,28). The molecule has 1 aliphatic heterocycles. The molecule has 2 fully saturated rings. The molecule has 1 aromatic carbocycles. The van der Waals surface area contributed by atoms with Crippen molar-refractivity contribution in [3.05, 3.63) is 51.9 Å². The Morgan fingerprint density at radius 3 is 2.77 bits per heavy atom. The van der Waals surface area contributed by atoms with Gasteiger partial charge in [0, 0.05) is 25.6 Å². The number of thiazole rings is 1. The van der Waals surface area contributed by atoms with Crippen LogP contribution in [-0.2, 0) is 17.9 Å². The molecular formula is C22H25N5O2S. The Balaban J connectivity index is 1.42. The Hall–Kier alpha value is -2.74. The maximum atomic E-state index is 12.9. The fourth-order valence-electron chi connectivity index (χ4n) is 4.10. The number of nitrogens with one attached hydrogen (secondary N) is 1. The maximum Gasteiger partial charge on any atom is 0.294 e. The largest absolute Gasteiger partial charge is 0.350 e. The van der Waals surface area contributed by atoms with Crippen LogP contribution in [0.4, 0.5) is 5.13 Å². The van der Waals surface area contributed by atoms with Gasteiger partial charge in [-0.1, -0.05) is 41.7 Å². The van der Waals surface area contributed by atoms with Crippen molar-refractivity contribution < 1.29 is 4.79 Å². The number of hydrogen-bond donors (Lipinski definition) is 1. The zero-order valence-corrected chi connectivity index (χ0v) is 17.8. The lowest BCUT2D eigenvalue weighted by molar-refractivity contribution is -0.122. The Morgan fingerprint density at radius 1 is 1.23 bits per heavy atom. The van der Waals surface area contributed by atoms with Crippen LogP contribution in [0.1, 0.15) is 49.8 Å². The molecule has 3 heterocycles. The van der Waals surface area contributed by atoms with Crippen LogP contribution in [0.2, 0.25) is 0 Å². The third-order valence-corrected chi connectivity index (χ3v) is 7.00. The molecule has 0 bridgehead atoms. The molecule has 2 aliphatic rings. The molecule has 0 spiro atoms. The Morgan fingerprint density at radius 2 is 2.03 bits per heavy atom. The first-order chi connectivity index (χ1) is 14.7. The topological polar surface area (TPSA) is 80.1 Å².